The van der Waals surface area contributed by atoms with E-state index >= 15 is 0 Å². The van der Waals surface area contributed by atoms with Gasteiger partial charge in [-0.15, -0.1) is 11.8 Å². The first kappa shape index (κ1) is 19.9. The second-order valence-electron chi connectivity index (χ2n) is 6.99. The minimum Gasteiger partial charge on any atom is -0.480 e. The van der Waals surface area contributed by atoms with Gasteiger partial charge in [0.1, 0.15) is 17.2 Å². The maximum atomic E-state index is 12.5. The molecule has 1 aromatic carbocycles. The van der Waals surface area contributed by atoms with Gasteiger partial charge in [-0.1, -0.05) is 30.3 Å². The Morgan fingerprint density at radius 1 is 1.26 bits per heavy atom. The van der Waals surface area contributed by atoms with Crippen LogP contribution in [-0.4, -0.2) is 59.5 Å². The Kier molecular flexibility index (Phi) is 4.88. The van der Waals surface area contributed by atoms with E-state index in [9.17, 15) is 33.8 Å². The standard InChI is InChI=1S/C16H19N2O7PS/c1-16(2)15(26(23,24)25)18-12(20)10(13(18)27-16)17-11(19)9(14(21)22)8-6-4-3-5-7-8/h3-7,9-10,13,15H,1-2H3,(H,17,19)(H,21,22)(H2,23,24,25). The van der Waals surface area contributed by atoms with Crippen LogP contribution in [0.15, 0.2) is 30.3 Å². The summed E-state index contributed by atoms with van der Waals surface area (Å²) in [5.74, 6) is -5.59. The molecule has 146 valence electrons. The van der Waals surface area contributed by atoms with Crippen LogP contribution in [0, 0.1) is 0 Å². The van der Waals surface area contributed by atoms with Crippen molar-refractivity contribution in [2.45, 2.75) is 41.7 Å². The van der Waals surface area contributed by atoms with Crippen LogP contribution in [0.5, 0.6) is 0 Å². The third-order valence-corrected chi connectivity index (χ3v) is 7.93. The molecule has 2 aliphatic rings. The van der Waals surface area contributed by atoms with E-state index in [1.54, 1.807) is 32.0 Å². The molecule has 27 heavy (non-hydrogen) atoms. The van der Waals surface area contributed by atoms with Crippen LogP contribution in [0.3, 0.4) is 0 Å². The molecule has 4 unspecified atom stereocenters. The first-order valence-corrected chi connectivity index (χ1v) is 10.6. The molecule has 1 aromatic rings. The number of carbonyl (C=O) groups excluding carboxylic acids is 2. The van der Waals surface area contributed by atoms with E-state index in [0.717, 1.165) is 4.90 Å². The van der Waals surface area contributed by atoms with Gasteiger partial charge in [0.2, 0.25) is 11.8 Å². The highest BCUT2D eigenvalue weighted by atomic mass is 32.2. The van der Waals surface area contributed by atoms with Crippen LogP contribution in [0.4, 0.5) is 0 Å². The zero-order chi connectivity index (χ0) is 20.1. The van der Waals surface area contributed by atoms with E-state index in [4.69, 9.17) is 0 Å². The molecule has 0 bridgehead atoms. The molecule has 4 atom stereocenters. The van der Waals surface area contributed by atoms with E-state index in [-0.39, 0.29) is 5.56 Å². The summed E-state index contributed by atoms with van der Waals surface area (Å²) in [6.45, 7) is 3.24. The number of hydrogen-bond acceptors (Lipinski definition) is 5. The lowest BCUT2D eigenvalue weighted by Gasteiger charge is -2.44. The second-order valence-corrected chi connectivity index (χ2v) is 10.4. The minimum absolute atomic E-state index is 0.277. The number of rotatable bonds is 5. The monoisotopic (exact) mass is 414 g/mol. The maximum absolute atomic E-state index is 12.5. The molecule has 0 aliphatic carbocycles. The SMILES string of the molecule is CC1(C)SC2C(NC(=O)C(C(=O)O)c3ccccc3)C(=O)N2C1P(=O)(O)O. The van der Waals surface area contributed by atoms with Crippen molar-refractivity contribution >= 4 is 37.1 Å². The van der Waals surface area contributed by atoms with Crippen LogP contribution in [-0.2, 0) is 18.9 Å². The van der Waals surface area contributed by atoms with E-state index < -0.39 is 53.2 Å². The molecule has 3 rings (SSSR count). The summed E-state index contributed by atoms with van der Waals surface area (Å²) < 4.78 is 10.9. The molecule has 4 N–H and O–H groups in total. The lowest BCUT2D eigenvalue weighted by molar-refractivity contribution is -0.152. The number of nitrogens with one attached hydrogen (secondary N) is 1. The summed E-state index contributed by atoms with van der Waals surface area (Å²) in [5, 5.41) is 11.2. The molecule has 2 aliphatic heterocycles. The number of amides is 2. The van der Waals surface area contributed by atoms with Crippen LogP contribution in [0.2, 0.25) is 0 Å². The number of carbonyl (C=O) groups is 3. The third kappa shape index (κ3) is 3.38. The van der Waals surface area contributed by atoms with Crippen molar-refractivity contribution in [2.75, 3.05) is 0 Å². The Labute approximate surface area is 159 Å². The second kappa shape index (κ2) is 6.63. The Morgan fingerprint density at radius 2 is 1.85 bits per heavy atom. The Bertz CT molecular complexity index is 840. The fourth-order valence-electron chi connectivity index (χ4n) is 3.57. The molecule has 0 radical (unpaired) electrons. The number of carboxylic acid groups (broad SMARTS) is 1. The topological polar surface area (TPSA) is 144 Å². The lowest BCUT2D eigenvalue weighted by atomic mass is 9.97. The Balaban J connectivity index is 1.80. The maximum Gasteiger partial charge on any atom is 0.349 e. The van der Waals surface area contributed by atoms with Crippen LogP contribution >= 0.6 is 19.4 Å². The Hall–Kier alpha value is -1.87. The Morgan fingerprint density at radius 3 is 2.37 bits per heavy atom. The molecule has 2 fully saturated rings. The zero-order valence-corrected chi connectivity index (χ0v) is 16.2. The minimum atomic E-state index is -4.58. The van der Waals surface area contributed by atoms with E-state index in [1.807, 2.05) is 0 Å². The largest absolute Gasteiger partial charge is 0.480 e. The van der Waals surface area contributed by atoms with Gasteiger partial charge >= 0.3 is 13.6 Å². The first-order chi connectivity index (χ1) is 12.4. The molecule has 0 saturated carbocycles. The molecule has 2 saturated heterocycles. The molecule has 2 amide bonds. The molecule has 0 spiro atoms. The molecule has 0 aromatic heterocycles. The van der Waals surface area contributed by atoms with Gasteiger partial charge in [-0.25, -0.2) is 0 Å². The normalized spacial score (nSPS) is 27.5. The van der Waals surface area contributed by atoms with Gasteiger partial charge in [-0.05, 0) is 19.4 Å². The smallest absolute Gasteiger partial charge is 0.349 e. The molecule has 9 nitrogen and oxygen atoms in total. The quantitative estimate of drug-likeness (QED) is 0.310. The predicted molar refractivity (Wildman–Crippen MR) is 96.9 cm³/mol. The summed E-state index contributed by atoms with van der Waals surface area (Å²) in [4.78, 5) is 56.9. The summed E-state index contributed by atoms with van der Waals surface area (Å²) in [6.07, 6.45) is 0. The van der Waals surface area contributed by atoms with Crippen molar-refractivity contribution in [3.05, 3.63) is 35.9 Å². The molecule has 2 heterocycles. The number of carboxylic acids is 1. The number of hydrogen-bond donors (Lipinski definition) is 4. The van der Waals surface area contributed by atoms with Crippen LogP contribution < -0.4 is 5.32 Å². The third-order valence-electron chi connectivity index (χ3n) is 4.65. The highest BCUT2D eigenvalue weighted by Gasteiger charge is 2.66. The average molecular weight is 414 g/mol. The van der Waals surface area contributed by atoms with Crippen molar-refractivity contribution in [3.8, 4) is 0 Å². The predicted octanol–water partition coefficient (Wildman–Crippen LogP) is 0.537. The van der Waals surface area contributed by atoms with Crippen molar-refractivity contribution in [1.82, 2.24) is 10.2 Å². The van der Waals surface area contributed by atoms with Crippen molar-refractivity contribution < 1.29 is 33.8 Å². The summed E-state index contributed by atoms with van der Waals surface area (Å²) in [5.41, 5.74) is 0.277. The van der Waals surface area contributed by atoms with E-state index in [0.29, 0.717) is 0 Å². The highest BCUT2D eigenvalue weighted by molar-refractivity contribution is 8.02. The number of benzene rings is 1. The fourth-order valence-corrected chi connectivity index (χ4v) is 7.16. The average Bonchev–Trinajstić information content (AvgIpc) is 2.81. The molecular weight excluding hydrogens is 395 g/mol. The zero-order valence-electron chi connectivity index (χ0n) is 14.5. The van der Waals surface area contributed by atoms with Gasteiger partial charge in [0.05, 0.1) is 0 Å². The number of β-lactam (4-membered cyclic amide) rings is 1. The number of fused-ring (bicyclic) bond motifs is 1. The summed E-state index contributed by atoms with van der Waals surface area (Å²) in [6, 6.07) is 6.88. The highest BCUT2D eigenvalue weighted by Crippen LogP contribution is 2.62. The van der Waals surface area contributed by atoms with Gasteiger partial charge in [-0.3, -0.25) is 18.9 Å². The van der Waals surface area contributed by atoms with Gasteiger partial charge < -0.3 is 25.1 Å². The first-order valence-electron chi connectivity index (χ1n) is 8.08. The van der Waals surface area contributed by atoms with E-state index in [2.05, 4.69) is 5.32 Å². The molecule has 11 heteroatoms. The number of thioether (sulfide) groups is 1. The van der Waals surface area contributed by atoms with Crippen LogP contribution in [0.25, 0.3) is 0 Å². The van der Waals surface area contributed by atoms with Gasteiger partial charge in [-0.2, -0.15) is 0 Å². The van der Waals surface area contributed by atoms with E-state index in [1.165, 1.54) is 23.9 Å². The van der Waals surface area contributed by atoms with Crippen molar-refractivity contribution in [3.63, 3.8) is 0 Å². The number of aliphatic carboxylic acids is 1. The van der Waals surface area contributed by atoms with Crippen LogP contribution in [0.1, 0.15) is 25.3 Å². The molecular formula is C16H19N2O7PS. The lowest BCUT2D eigenvalue weighted by Crippen LogP contribution is -2.69. The number of nitrogens with zero attached hydrogens (tertiary/aromatic N) is 1. The summed E-state index contributed by atoms with van der Waals surface area (Å²) in [7, 11) is -4.58. The van der Waals surface area contributed by atoms with Crippen molar-refractivity contribution in [1.29, 1.82) is 0 Å². The van der Waals surface area contributed by atoms with Gasteiger partial charge in [0.25, 0.3) is 0 Å². The van der Waals surface area contributed by atoms with Crippen molar-refractivity contribution in [2.24, 2.45) is 0 Å². The fraction of sp³-hybridized carbons (Fsp3) is 0.438. The van der Waals surface area contributed by atoms with Gasteiger partial charge in [0, 0.05) is 4.75 Å². The van der Waals surface area contributed by atoms with Gasteiger partial charge in [0.15, 0.2) is 5.92 Å². The summed E-state index contributed by atoms with van der Waals surface area (Å²) >= 11 is 1.17.